The molecule has 11 rings (SSSR count). The first-order valence-corrected chi connectivity index (χ1v) is 19.8. The Morgan fingerprint density at radius 2 is 0.895 bits per heavy atom. The van der Waals surface area contributed by atoms with Crippen molar-refractivity contribution >= 4 is 49.8 Å². The zero-order chi connectivity index (χ0) is 38.1. The normalized spacial score (nSPS) is 12.9. The van der Waals surface area contributed by atoms with Gasteiger partial charge in [0.25, 0.3) is 0 Å². The third-order valence-corrected chi connectivity index (χ3v) is 12.1. The van der Waals surface area contributed by atoms with Crippen molar-refractivity contribution in [2.45, 2.75) is 19.3 Å². The van der Waals surface area contributed by atoms with E-state index in [1.165, 1.54) is 66.4 Å². The second-order valence-corrected chi connectivity index (χ2v) is 15.7. The summed E-state index contributed by atoms with van der Waals surface area (Å²) in [6, 6.07) is 72.7. The van der Waals surface area contributed by atoms with E-state index in [2.05, 4.69) is 207 Å². The van der Waals surface area contributed by atoms with Gasteiger partial charge in [0, 0.05) is 32.9 Å². The van der Waals surface area contributed by atoms with E-state index in [1.54, 1.807) is 0 Å². The van der Waals surface area contributed by atoms with Crippen LogP contribution < -0.4 is 4.90 Å². The molecule has 57 heavy (non-hydrogen) atoms. The molecule has 1 aromatic heterocycles. The number of fused-ring (bicyclic) bond motifs is 7. The molecule has 0 unspecified atom stereocenters. The van der Waals surface area contributed by atoms with Crippen LogP contribution in [-0.4, -0.2) is 0 Å². The van der Waals surface area contributed by atoms with Gasteiger partial charge in [-0.3, -0.25) is 0 Å². The van der Waals surface area contributed by atoms with Gasteiger partial charge in [0.15, 0.2) is 0 Å². The fourth-order valence-corrected chi connectivity index (χ4v) is 9.17. The molecule has 0 N–H and O–H groups in total. The number of anilines is 3. The number of benzene rings is 9. The average Bonchev–Trinajstić information content (AvgIpc) is 3.75. The average molecular weight is 730 g/mol. The summed E-state index contributed by atoms with van der Waals surface area (Å²) >= 11 is 0. The first-order valence-electron chi connectivity index (χ1n) is 19.8. The largest absolute Gasteiger partial charge is 0.456 e. The smallest absolute Gasteiger partial charge is 0.135 e. The predicted octanol–water partition coefficient (Wildman–Crippen LogP) is 15.5. The second kappa shape index (κ2) is 13.0. The lowest BCUT2D eigenvalue weighted by Gasteiger charge is -2.29. The van der Waals surface area contributed by atoms with Crippen molar-refractivity contribution < 1.29 is 4.42 Å². The Hall–Kier alpha value is -7.16. The molecule has 0 amide bonds. The standard InChI is InChI=1S/C55H39NO/c1-55(2)50-18-10-8-15-45(50)46-30-29-42(35-51(46)55)56(41-27-24-39(25-28-41)38-22-20-37(21-23-38)36-12-4-3-5-13-36)52-32-31-43(44-14-6-7-16-47(44)52)40-26-33-54-49(34-40)48-17-9-11-19-53(48)57-54/h3-35H,1-2H3. The maximum Gasteiger partial charge on any atom is 0.135 e. The molecule has 0 radical (unpaired) electrons. The van der Waals surface area contributed by atoms with Crippen LogP contribution in [0.4, 0.5) is 17.1 Å². The Balaban J connectivity index is 1.05. The van der Waals surface area contributed by atoms with Crippen LogP contribution in [0.5, 0.6) is 0 Å². The number of hydrogen-bond acceptors (Lipinski definition) is 2. The van der Waals surface area contributed by atoms with Gasteiger partial charge in [-0.15, -0.1) is 0 Å². The highest BCUT2D eigenvalue weighted by molar-refractivity contribution is 6.10. The molecule has 2 nitrogen and oxygen atoms in total. The van der Waals surface area contributed by atoms with Crippen LogP contribution in [0.1, 0.15) is 25.0 Å². The summed E-state index contributed by atoms with van der Waals surface area (Å²) in [5.41, 5.74) is 17.6. The van der Waals surface area contributed by atoms with Gasteiger partial charge in [-0.1, -0.05) is 166 Å². The molecule has 0 spiro atoms. The molecular formula is C55H39NO. The number of para-hydroxylation sites is 1. The minimum atomic E-state index is -0.120. The molecular weight excluding hydrogens is 691 g/mol. The van der Waals surface area contributed by atoms with E-state index in [1.807, 2.05) is 12.1 Å². The highest BCUT2D eigenvalue weighted by Crippen LogP contribution is 2.51. The lowest BCUT2D eigenvalue weighted by molar-refractivity contribution is 0.660. The van der Waals surface area contributed by atoms with Crippen molar-refractivity contribution in [1.29, 1.82) is 0 Å². The van der Waals surface area contributed by atoms with Crippen molar-refractivity contribution in [1.82, 2.24) is 0 Å². The van der Waals surface area contributed by atoms with Crippen molar-refractivity contribution in [2.24, 2.45) is 0 Å². The Kier molecular flexibility index (Phi) is 7.55. The summed E-state index contributed by atoms with van der Waals surface area (Å²) in [4.78, 5) is 2.44. The SMILES string of the molecule is CC1(C)c2ccccc2-c2ccc(N(c3ccc(-c4ccc(-c5ccccc5)cc4)cc3)c3ccc(-c4ccc5oc6ccccc6c5c4)c4ccccc34)cc21. The predicted molar refractivity (Wildman–Crippen MR) is 240 cm³/mol. The molecule has 270 valence electrons. The van der Waals surface area contributed by atoms with Crippen molar-refractivity contribution in [3.05, 3.63) is 211 Å². The van der Waals surface area contributed by atoms with Crippen LogP contribution in [-0.2, 0) is 5.41 Å². The van der Waals surface area contributed by atoms with Crippen molar-refractivity contribution in [3.63, 3.8) is 0 Å². The number of rotatable bonds is 6. The van der Waals surface area contributed by atoms with Gasteiger partial charge in [0.1, 0.15) is 11.2 Å². The van der Waals surface area contributed by atoms with Gasteiger partial charge in [0.05, 0.1) is 5.69 Å². The second-order valence-electron chi connectivity index (χ2n) is 15.7. The maximum absolute atomic E-state index is 6.20. The van der Waals surface area contributed by atoms with E-state index in [4.69, 9.17) is 4.42 Å². The Morgan fingerprint density at radius 1 is 0.351 bits per heavy atom. The summed E-state index contributed by atoms with van der Waals surface area (Å²) in [6.45, 7) is 4.71. The van der Waals surface area contributed by atoms with Gasteiger partial charge in [-0.25, -0.2) is 0 Å². The first-order chi connectivity index (χ1) is 28.0. The summed E-state index contributed by atoms with van der Waals surface area (Å²) in [5.74, 6) is 0. The fourth-order valence-electron chi connectivity index (χ4n) is 9.17. The number of nitrogens with zero attached hydrogens (tertiary/aromatic N) is 1. The number of furan rings is 1. The molecule has 0 atom stereocenters. The van der Waals surface area contributed by atoms with E-state index in [0.717, 1.165) is 39.0 Å². The summed E-state index contributed by atoms with van der Waals surface area (Å²) in [6.07, 6.45) is 0. The van der Waals surface area contributed by atoms with Gasteiger partial charge >= 0.3 is 0 Å². The lowest BCUT2D eigenvalue weighted by Crippen LogP contribution is -2.16. The number of hydrogen-bond donors (Lipinski definition) is 0. The molecule has 1 heterocycles. The van der Waals surface area contributed by atoms with Crippen molar-refractivity contribution in [3.8, 4) is 44.5 Å². The molecule has 0 saturated heterocycles. The highest BCUT2D eigenvalue weighted by Gasteiger charge is 2.36. The van der Waals surface area contributed by atoms with Gasteiger partial charge < -0.3 is 9.32 Å². The van der Waals surface area contributed by atoms with Crippen LogP contribution in [0.3, 0.4) is 0 Å². The van der Waals surface area contributed by atoms with Gasteiger partial charge in [0.2, 0.25) is 0 Å². The molecule has 10 aromatic rings. The van der Waals surface area contributed by atoms with Crippen LogP contribution >= 0.6 is 0 Å². The fraction of sp³-hybridized carbons (Fsp3) is 0.0545. The summed E-state index contributed by atoms with van der Waals surface area (Å²) in [5, 5.41) is 4.67. The van der Waals surface area contributed by atoms with E-state index < -0.39 is 0 Å². The molecule has 0 fully saturated rings. The van der Waals surface area contributed by atoms with Crippen molar-refractivity contribution in [2.75, 3.05) is 4.90 Å². The Bertz CT molecular complexity index is 3130. The zero-order valence-electron chi connectivity index (χ0n) is 31.9. The quantitative estimate of drug-likeness (QED) is 0.169. The molecule has 0 saturated carbocycles. The molecule has 1 aliphatic rings. The molecule has 1 aliphatic carbocycles. The van der Waals surface area contributed by atoms with E-state index in [-0.39, 0.29) is 5.41 Å². The molecule has 9 aromatic carbocycles. The zero-order valence-corrected chi connectivity index (χ0v) is 31.9. The van der Waals surface area contributed by atoms with E-state index >= 15 is 0 Å². The van der Waals surface area contributed by atoms with Gasteiger partial charge in [-0.05, 0) is 110 Å². The Morgan fingerprint density at radius 3 is 1.67 bits per heavy atom. The topological polar surface area (TPSA) is 16.4 Å². The van der Waals surface area contributed by atoms with Crippen LogP contribution in [0.2, 0.25) is 0 Å². The minimum absolute atomic E-state index is 0.120. The van der Waals surface area contributed by atoms with E-state index in [0.29, 0.717) is 0 Å². The first kappa shape index (κ1) is 33.2. The molecule has 2 heteroatoms. The summed E-state index contributed by atoms with van der Waals surface area (Å²) < 4.78 is 6.20. The lowest BCUT2D eigenvalue weighted by atomic mass is 9.82. The molecule has 0 bridgehead atoms. The van der Waals surface area contributed by atoms with Gasteiger partial charge in [-0.2, -0.15) is 0 Å². The van der Waals surface area contributed by atoms with Crippen LogP contribution in [0.15, 0.2) is 205 Å². The summed E-state index contributed by atoms with van der Waals surface area (Å²) in [7, 11) is 0. The molecule has 0 aliphatic heterocycles. The monoisotopic (exact) mass is 729 g/mol. The third kappa shape index (κ3) is 5.40. The van der Waals surface area contributed by atoms with Crippen LogP contribution in [0.25, 0.3) is 77.2 Å². The van der Waals surface area contributed by atoms with E-state index in [9.17, 15) is 0 Å². The Labute approximate surface area is 332 Å². The third-order valence-electron chi connectivity index (χ3n) is 12.1. The minimum Gasteiger partial charge on any atom is -0.456 e. The maximum atomic E-state index is 6.20. The highest BCUT2D eigenvalue weighted by atomic mass is 16.3. The van der Waals surface area contributed by atoms with Crippen LogP contribution in [0, 0.1) is 0 Å².